The molecule has 0 amide bonds. The van der Waals surface area contributed by atoms with Crippen LogP contribution in [0.1, 0.15) is 42.0 Å². The van der Waals surface area contributed by atoms with E-state index in [1.807, 2.05) is 25.4 Å². The Morgan fingerprint density at radius 2 is 2.00 bits per heavy atom. The first-order chi connectivity index (χ1) is 9.92. The third-order valence-corrected chi connectivity index (χ3v) is 4.45. The third-order valence-electron chi connectivity index (χ3n) is 3.48. The molecule has 1 aromatic heterocycles. The second kappa shape index (κ2) is 6.67. The van der Waals surface area contributed by atoms with Gasteiger partial charge < -0.3 is 5.73 Å². The summed E-state index contributed by atoms with van der Waals surface area (Å²) in [6.45, 7) is 6.40. The van der Waals surface area contributed by atoms with Crippen molar-refractivity contribution in [1.29, 1.82) is 0 Å². The van der Waals surface area contributed by atoms with Crippen molar-refractivity contribution in [2.75, 3.05) is 12.0 Å². The number of halogens is 1. The van der Waals surface area contributed by atoms with Crippen LogP contribution in [0.5, 0.6) is 0 Å². The second-order valence-electron chi connectivity index (χ2n) is 5.40. The molecule has 3 nitrogen and oxygen atoms in total. The van der Waals surface area contributed by atoms with Gasteiger partial charge in [0.05, 0.1) is 0 Å². The van der Waals surface area contributed by atoms with Gasteiger partial charge in [-0.2, -0.15) is 0 Å². The van der Waals surface area contributed by atoms with E-state index < -0.39 is 0 Å². The average molecular weight is 322 g/mol. The smallest absolute Gasteiger partial charge is 0.189 e. The second-order valence-corrected chi connectivity index (χ2v) is 6.58. The molecule has 0 aliphatic carbocycles. The summed E-state index contributed by atoms with van der Waals surface area (Å²) in [6.07, 6.45) is 4.45. The monoisotopic (exact) mass is 321 g/mol. The van der Waals surface area contributed by atoms with Gasteiger partial charge in [-0.1, -0.05) is 43.3 Å². The summed E-state index contributed by atoms with van der Waals surface area (Å²) in [6, 6.07) is 4.20. The van der Waals surface area contributed by atoms with Gasteiger partial charge in [-0.25, -0.2) is 9.97 Å². The zero-order chi connectivity index (χ0) is 15.6. The van der Waals surface area contributed by atoms with Gasteiger partial charge in [-0.15, -0.1) is 0 Å². The standard InChI is InChI=1S/C16H20ClN3S/c1-9(2)13-5-10(3)14(17)7-11(13)6-12-8-19-16(21-4)20-15(12)18/h5,7-9H,6H2,1-4H3,(H2,18,19,20). The maximum Gasteiger partial charge on any atom is 0.189 e. The average Bonchev–Trinajstić information content (AvgIpc) is 2.44. The highest BCUT2D eigenvalue weighted by Gasteiger charge is 2.13. The molecule has 0 fully saturated rings. The number of thioether (sulfide) groups is 1. The zero-order valence-electron chi connectivity index (χ0n) is 12.8. The molecule has 5 heteroatoms. The highest BCUT2D eigenvalue weighted by Crippen LogP contribution is 2.29. The molecule has 0 atom stereocenters. The van der Waals surface area contributed by atoms with Crippen LogP contribution in [0, 0.1) is 6.92 Å². The molecule has 0 radical (unpaired) electrons. The molecule has 2 rings (SSSR count). The van der Waals surface area contributed by atoms with Crippen LogP contribution in [-0.4, -0.2) is 16.2 Å². The topological polar surface area (TPSA) is 51.8 Å². The van der Waals surface area contributed by atoms with E-state index in [9.17, 15) is 0 Å². The van der Waals surface area contributed by atoms with Crippen LogP contribution in [-0.2, 0) is 6.42 Å². The van der Waals surface area contributed by atoms with Crippen LogP contribution in [0.2, 0.25) is 5.02 Å². The summed E-state index contributed by atoms with van der Waals surface area (Å²) < 4.78 is 0. The number of rotatable bonds is 4. The van der Waals surface area contributed by atoms with Crippen molar-refractivity contribution in [2.24, 2.45) is 0 Å². The summed E-state index contributed by atoms with van der Waals surface area (Å²) in [4.78, 5) is 8.61. The number of aromatic nitrogens is 2. The van der Waals surface area contributed by atoms with Crippen molar-refractivity contribution in [3.05, 3.63) is 45.6 Å². The van der Waals surface area contributed by atoms with Gasteiger partial charge in [0.15, 0.2) is 5.16 Å². The molecule has 0 saturated heterocycles. The lowest BCUT2D eigenvalue weighted by Gasteiger charge is -2.16. The normalized spacial score (nSPS) is 11.1. The first-order valence-electron chi connectivity index (χ1n) is 6.86. The number of benzene rings is 1. The summed E-state index contributed by atoms with van der Waals surface area (Å²) >= 11 is 7.77. The van der Waals surface area contributed by atoms with Crippen LogP contribution >= 0.6 is 23.4 Å². The third kappa shape index (κ3) is 3.69. The van der Waals surface area contributed by atoms with E-state index in [1.165, 1.54) is 22.9 Å². The lowest BCUT2D eigenvalue weighted by Crippen LogP contribution is -2.04. The summed E-state index contributed by atoms with van der Waals surface area (Å²) in [7, 11) is 0. The SMILES string of the molecule is CSc1ncc(Cc2cc(Cl)c(C)cc2C(C)C)c(N)n1. The Morgan fingerprint density at radius 3 is 2.57 bits per heavy atom. The van der Waals surface area contributed by atoms with Crippen molar-refractivity contribution in [1.82, 2.24) is 9.97 Å². The number of nitrogen functional groups attached to an aromatic ring is 1. The molecule has 0 unspecified atom stereocenters. The number of hydrogen-bond acceptors (Lipinski definition) is 4. The first kappa shape index (κ1) is 16.1. The molecular formula is C16H20ClN3S. The van der Waals surface area contributed by atoms with E-state index in [4.69, 9.17) is 17.3 Å². The van der Waals surface area contributed by atoms with Crippen LogP contribution in [0.25, 0.3) is 0 Å². The Hall–Kier alpha value is -1.26. The lowest BCUT2D eigenvalue weighted by molar-refractivity contribution is 0.843. The largest absolute Gasteiger partial charge is 0.383 e. The van der Waals surface area contributed by atoms with Crippen LogP contribution in [0.4, 0.5) is 5.82 Å². The molecule has 0 bridgehead atoms. The van der Waals surface area contributed by atoms with Gasteiger partial charge in [-0.3, -0.25) is 0 Å². The number of anilines is 1. The minimum atomic E-state index is 0.434. The Kier molecular flexibility index (Phi) is 5.12. The Bertz CT molecular complexity index is 656. The summed E-state index contributed by atoms with van der Waals surface area (Å²) in [5, 5.41) is 1.48. The van der Waals surface area contributed by atoms with Gasteiger partial charge in [0.2, 0.25) is 0 Å². The van der Waals surface area contributed by atoms with Crippen molar-refractivity contribution >= 4 is 29.2 Å². The molecule has 112 valence electrons. The van der Waals surface area contributed by atoms with Crippen molar-refractivity contribution in [3.8, 4) is 0 Å². The van der Waals surface area contributed by atoms with E-state index in [0.717, 1.165) is 16.1 Å². The van der Waals surface area contributed by atoms with Gasteiger partial charge in [0.1, 0.15) is 5.82 Å². The number of aryl methyl sites for hydroxylation is 1. The predicted octanol–water partition coefficient (Wildman–Crippen LogP) is 4.46. The number of nitrogens with zero attached hydrogens (tertiary/aromatic N) is 2. The maximum atomic E-state index is 6.28. The van der Waals surface area contributed by atoms with Crippen molar-refractivity contribution in [3.63, 3.8) is 0 Å². The molecular weight excluding hydrogens is 302 g/mol. The van der Waals surface area contributed by atoms with Gasteiger partial charge in [0.25, 0.3) is 0 Å². The van der Waals surface area contributed by atoms with E-state index >= 15 is 0 Å². The fourth-order valence-electron chi connectivity index (χ4n) is 2.28. The Balaban J connectivity index is 2.41. The Morgan fingerprint density at radius 1 is 1.29 bits per heavy atom. The molecule has 2 N–H and O–H groups in total. The zero-order valence-corrected chi connectivity index (χ0v) is 14.3. The number of hydrogen-bond donors (Lipinski definition) is 1. The molecule has 0 spiro atoms. The predicted molar refractivity (Wildman–Crippen MR) is 91.3 cm³/mol. The molecule has 1 heterocycles. The lowest BCUT2D eigenvalue weighted by atomic mass is 9.92. The van der Waals surface area contributed by atoms with E-state index in [1.54, 1.807) is 0 Å². The fourth-order valence-corrected chi connectivity index (χ4v) is 2.81. The molecule has 0 aliphatic heterocycles. The van der Waals surface area contributed by atoms with E-state index in [-0.39, 0.29) is 0 Å². The van der Waals surface area contributed by atoms with Gasteiger partial charge in [-0.05, 0) is 41.9 Å². The highest BCUT2D eigenvalue weighted by atomic mass is 35.5. The fraction of sp³-hybridized carbons (Fsp3) is 0.375. The van der Waals surface area contributed by atoms with E-state index in [2.05, 4.69) is 29.9 Å². The van der Waals surface area contributed by atoms with Crippen molar-refractivity contribution < 1.29 is 0 Å². The quantitative estimate of drug-likeness (QED) is 0.667. The molecule has 2 aromatic rings. The Labute approximate surface area is 135 Å². The minimum Gasteiger partial charge on any atom is -0.383 e. The maximum absolute atomic E-state index is 6.28. The minimum absolute atomic E-state index is 0.434. The molecule has 21 heavy (non-hydrogen) atoms. The molecule has 0 saturated carbocycles. The molecule has 0 aliphatic rings. The van der Waals surface area contributed by atoms with Gasteiger partial charge >= 0.3 is 0 Å². The highest BCUT2D eigenvalue weighted by molar-refractivity contribution is 7.98. The molecule has 1 aromatic carbocycles. The van der Waals surface area contributed by atoms with Crippen LogP contribution < -0.4 is 5.73 Å². The number of nitrogens with two attached hydrogens (primary N) is 1. The summed E-state index contributed by atoms with van der Waals surface area (Å²) in [5.74, 6) is 0.976. The van der Waals surface area contributed by atoms with Crippen LogP contribution in [0.3, 0.4) is 0 Å². The summed E-state index contributed by atoms with van der Waals surface area (Å²) in [5.41, 5.74) is 10.6. The van der Waals surface area contributed by atoms with E-state index in [0.29, 0.717) is 23.3 Å². The van der Waals surface area contributed by atoms with Crippen LogP contribution in [0.15, 0.2) is 23.5 Å². The van der Waals surface area contributed by atoms with Crippen molar-refractivity contribution in [2.45, 2.75) is 38.3 Å². The van der Waals surface area contributed by atoms with Gasteiger partial charge in [0, 0.05) is 23.2 Å². The first-order valence-corrected chi connectivity index (χ1v) is 8.47.